The van der Waals surface area contributed by atoms with Crippen molar-refractivity contribution in [2.24, 2.45) is 10.7 Å². The Kier molecular flexibility index (Phi) is 2.51. The van der Waals surface area contributed by atoms with E-state index in [0.29, 0.717) is 6.42 Å². The number of hydrogen-bond acceptors (Lipinski definition) is 3. The van der Waals surface area contributed by atoms with Gasteiger partial charge >= 0.3 is 5.97 Å². The lowest BCUT2D eigenvalue weighted by molar-refractivity contribution is -0.138. The molecule has 1 aliphatic rings. The van der Waals surface area contributed by atoms with Crippen molar-refractivity contribution in [3.05, 3.63) is 29.8 Å². The number of fused-ring (bicyclic) bond motifs is 1. The van der Waals surface area contributed by atoms with Gasteiger partial charge in [0, 0.05) is 12.1 Å². The van der Waals surface area contributed by atoms with Crippen LogP contribution < -0.4 is 5.73 Å². The number of carboxylic acids is 1. The summed E-state index contributed by atoms with van der Waals surface area (Å²) in [5.41, 5.74) is 7.47. The number of rotatable bonds is 3. The van der Waals surface area contributed by atoms with Gasteiger partial charge in [-0.05, 0) is 18.1 Å². The summed E-state index contributed by atoms with van der Waals surface area (Å²) in [5, 5.41) is 8.72. The molecule has 0 saturated carbocycles. The van der Waals surface area contributed by atoms with Gasteiger partial charge in [0.05, 0.1) is 5.69 Å². The van der Waals surface area contributed by atoms with E-state index in [4.69, 9.17) is 10.8 Å². The molecule has 0 aliphatic carbocycles. The number of hydrogen-bond donors (Lipinski definition) is 2. The lowest BCUT2D eigenvalue weighted by atomic mass is 9.94. The van der Waals surface area contributed by atoms with Crippen molar-refractivity contribution in [3.8, 4) is 0 Å². The zero-order valence-corrected chi connectivity index (χ0v) is 8.13. The highest BCUT2D eigenvalue weighted by Crippen LogP contribution is 2.33. The summed E-state index contributed by atoms with van der Waals surface area (Å²) in [6.07, 6.45) is 2.17. The zero-order valence-electron chi connectivity index (χ0n) is 8.13. The second-order valence-electron chi connectivity index (χ2n) is 3.62. The summed E-state index contributed by atoms with van der Waals surface area (Å²) < 4.78 is 0. The van der Waals surface area contributed by atoms with Crippen LogP contribution in [0.1, 0.15) is 17.9 Å². The van der Waals surface area contributed by atoms with Gasteiger partial charge in [0.15, 0.2) is 0 Å². The molecule has 3 N–H and O–H groups in total. The molecule has 0 unspecified atom stereocenters. The Hall–Kier alpha value is -1.68. The molecule has 4 nitrogen and oxygen atoms in total. The predicted molar refractivity (Wildman–Crippen MR) is 57.6 cm³/mol. The van der Waals surface area contributed by atoms with E-state index in [2.05, 4.69) is 4.99 Å². The molecule has 78 valence electrons. The number of nitrogens with zero attached hydrogens (tertiary/aromatic N) is 1. The molecule has 4 heteroatoms. The molecular weight excluding hydrogens is 192 g/mol. The van der Waals surface area contributed by atoms with E-state index < -0.39 is 12.0 Å². The molecule has 0 spiro atoms. The lowest BCUT2D eigenvalue weighted by Gasteiger charge is -2.11. The largest absolute Gasteiger partial charge is 0.480 e. The summed E-state index contributed by atoms with van der Waals surface area (Å²) in [5.74, 6) is -0.930. The smallest absolute Gasteiger partial charge is 0.320 e. The first-order valence-electron chi connectivity index (χ1n) is 4.80. The number of nitrogens with two attached hydrogens (primary N) is 1. The summed E-state index contributed by atoms with van der Waals surface area (Å²) in [4.78, 5) is 14.8. The van der Waals surface area contributed by atoms with Crippen molar-refractivity contribution in [1.82, 2.24) is 0 Å². The second kappa shape index (κ2) is 3.82. The Balaban J connectivity index is 2.15. The zero-order chi connectivity index (χ0) is 10.8. The molecule has 0 saturated heterocycles. The van der Waals surface area contributed by atoms with Crippen molar-refractivity contribution >= 4 is 17.9 Å². The van der Waals surface area contributed by atoms with E-state index in [0.717, 1.165) is 11.3 Å². The number of carbonyl (C=O) groups is 1. The minimum absolute atomic E-state index is 0.0345. The molecule has 1 heterocycles. The summed E-state index contributed by atoms with van der Waals surface area (Å²) in [6, 6.07) is 6.88. The number of para-hydroxylation sites is 1. The molecule has 1 aromatic rings. The van der Waals surface area contributed by atoms with Gasteiger partial charge in [-0.2, -0.15) is 0 Å². The first-order chi connectivity index (χ1) is 7.18. The van der Waals surface area contributed by atoms with Crippen molar-refractivity contribution in [1.29, 1.82) is 0 Å². The maximum Gasteiger partial charge on any atom is 0.320 e. The van der Waals surface area contributed by atoms with Gasteiger partial charge in [-0.15, -0.1) is 0 Å². The highest BCUT2D eigenvalue weighted by molar-refractivity contribution is 5.82. The molecule has 2 atom stereocenters. The van der Waals surface area contributed by atoms with Crippen LogP contribution in [0.3, 0.4) is 0 Å². The molecule has 1 aliphatic heterocycles. The average Bonchev–Trinajstić information content (AvgIpc) is 2.62. The molecule has 0 aromatic heterocycles. The second-order valence-corrected chi connectivity index (χ2v) is 3.62. The lowest BCUT2D eigenvalue weighted by Crippen LogP contribution is -2.31. The fourth-order valence-corrected chi connectivity index (χ4v) is 1.73. The third-order valence-corrected chi connectivity index (χ3v) is 2.55. The van der Waals surface area contributed by atoms with Gasteiger partial charge in [-0.3, -0.25) is 9.79 Å². The fraction of sp³-hybridized carbons (Fsp3) is 0.273. The van der Waals surface area contributed by atoms with Crippen molar-refractivity contribution in [2.45, 2.75) is 18.4 Å². The van der Waals surface area contributed by atoms with Crippen LogP contribution >= 0.6 is 0 Å². The van der Waals surface area contributed by atoms with E-state index in [9.17, 15) is 4.79 Å². The molecule has 1 aromatic carbocycles. The number of aliphatic imine (C=N–C) groups is 1. The number of benzene rings is 1. The highest BCUT2D eigenvalue weighted by atomic mass is 16.4. The normalized spacial score (nSPS) is 19.9. The predicted octanol–water partition coefficient (Wildman–Crippen LogP) is 1.29. The molecular formula is C11H12N2O2. The quantitative estimate of drug-likeness (QED) is 0.778. The number of carboxylic acid groups (broad SMARTS) is 1. The topological polar surface area (TPSA) is 75.7 Å². The Labute approximate surface area is 87.4 Å². The van der Waals surface area contributed by atoms with Gasteiger partial charge in [-0.1, -0.05) is 18.2 Å². The van der Waals surface area contributed by atoms with E-state index in [1.54, 1.807) is 6.21 Å². The Morgan fingerprint density at radius 3 is 3.00 bits per heavy atom. The molecule has 15 heavy (non-hydrogen) atoms. The minimum atomic E-state index is -0.965. The molecule has 0 bridgehead atoms. The van der Waals surface area contributed by atoms with Crippen LogP contribution in [0.15, 0.2) is 29.3 Å². The van der Waals surface area contributed by atoms with E-state index in [1.807, 2.05) is 24.3 Å². The molecule has 0 fully saturated rings. The van der Waals surface area contributed by atoms with Crippen LogP contribution in [0.5, 0.6) is 0 Å². The molecule has 0 amide bonds. The third kappa shape index (κ3) is 1.89. The Morgan fingerprint density at radius 1 is 1.53 bits per heavy atom. The third-order valence-electron chi connectivity index (χ3n) is 2.55. The van der Waals surface area contributed by atoms with Crippen LogP contribution in [-0.2, 0) is 4.79 Å². The average molecular weight is 204 g/mol. The van der Waals surface area contributed by atoms with E-state index >= 15 is 0 Å². The standard InChI is InChI=1S/C11H12N2O2/c12-9(11(14)15)5-7-6-13-10-4-2-1-3-8(7)10/h1-4,6-7,9H,5,12H2,(H,14,15)/t7-,9+/m0/s1. The number of aliphatic carboxylic acids is 1. The van der Waals surface area contributed by atoms with Crippen molar-refractivity contribution in [3.63, 3.8) is 0 Å². The maximum atomic E-state index is 10.6. The Morgan fingerprint density at radius 2 is 2.27 bits per heavy atom. The summed E-state index contributed by atoms with van der Waals surface area (Å²) >= 11 is 0. The van der Waals surface area contributed by atoms with Gasteiger partial charge in [0.25, 0.3) is 0 Å². The molecule has 0 radical (unpaired) electrons. The van der Waals surface area contributed by atoms with Crippen LogP contribution in [0.25, 0.3) is 0 Å². The Bertz CT molecular complexity index is 415. The van der Waals surface area contributed by atoms with Gasteiger partial charge in [-0.25, -0.2) is 0 Å². The van der Waals surface area contributed by atoms with Gasteiger partial charge in [0.1, 0.15) is 6.04 Å². The van der Waals surface area contributed by atoms with Gasteiger partial charge in [0.2, 0.25) is 0 Å². The van der Waals surface area contributed by atoms with Crippen LogP contribution in [-0.4, -0.2) is 23.3 Å². The monoisotopic (exact) mass is 204 g/mol. The van der Waals surface area contributed by atoms with Crippen LogP contribution in [0.4, 0.5) is 5.69 Å². The first kappa shape index (κ1) is 9.86. The van der Waals surface area contributed by atoms with Gasteiger partial charge < -0.3 is 10.8 Å². The van der Waals surface area contributed by atoms with Crippen LogP contribution in [0, 0.1) is 0 Å². The van der Waals surface area contributed by atoms with Crippen LogP contribution in [0.2, 0.25) is 0 Å². The minimum Gasteiger partial charge on any atom is -0.480 e. The van der Waals surface area contributed by atoms with E-state index in [-0.39, 0.29) is 5.92 Å². The fourth-order valence-electron chi connectivity index (χ4n) is 1.73. The van der Waals surface area contributed by atoms with Crippen molar-refractivity contribution < 1.29 is 9.90 Å². The summed E-state index contributed by atoms with van der Waals surface area (Å²) in [6.45, 7) is 0. The SMILES string of the molecule is N[C@H](C[C@H]1C=Nc2ccccc21)C(=O)O. The summed E-state index contributed by atoms with van der Waals surface area (Å²) in [7, 11) is 0. The first-order valence-corrected chi connectivity index (χ1v) is 4.80. The van der Waals surface area contributed by atoms with E-state index in [1.165, 1.54) is 0 Å². The maximum absolute atomic E-state index is 10.6. The highest BCUT2D eigenvalue weighted by Gasteiger charge is 2.23. The molecule has 2 rings (SSSR count). The van der Waals surface area contributed by atoms with Crippen molar-refractivity contribution in [2.75, 3.05) is 0 Å².